The Hall–Kier alpha value is -2.23. The van der Waals surface area contributed by atoms with Crippen molar-refractivity contribution in [3.63, 3.8) is 0 Å². The minimum atomic E-state index is -0.404. The van der Waals surface area contributed by atoms with Crippen molar-refractivity contribution in [2.75, 3.05) is 53.2 Å². The molecule has 4 aliphatic carbocycles. The number of fused-ring (bicyclic) bond motifs is 5. The van der Waals surface area contributed by atoms with E-state index in [1.807, 2.05) is 0 Å². The molecular weight excluding hydrogens is 875 g/mol. The fraction of sp³-hybridized carbons (Fsp3) is 0.885. The summed E-state index contributed by atoms with van der Waals surface area (Å²) in [4.78, 5) is 40.3. The summed E-state index contributed by atoms with van der Waals surface area (Å²) < 4.78 is 29.0. The second-order valence-corrected chi connectivity index (χ2v) is 24.0. The Morgan fingerprint density at radius 2 is 1.43 bits per heavy atom. The summed E-state index contributed by atoms with van der Waals surface area (Å²) in [7, 11) is 1.46. The molecule has 1 unspecified atom stereocenters. The molecule has 0 spiro atoms. The zero-order valence-corrected chi connectivity index (χ0v) is 46.1. The van der Waals surface area contributed by atoms with E-state index in [0.29, 0.717) is 25.2 Å². The second-order valence-electron chi connectivity index (χ2n) is 24.0. The van der Waals surface area contributed by atoms with Gasteiger partial charge in [-0.15, -0.1) is 0 Å². The van der Waals surface area contributed by atoms with Gasteiger partial charge in [-0.05, 0) is 149 Å². The number of esters is 3. The summed E-state index contributed by atoms with van der Waals surface area (Å²) in [5.41, 5.74) is 2.20. The van der Waals surface area contributed by atoms with Crippen molar-refractivity contribution < 1.29 is 38.1 Å². The average molecular weight is 981 g/mol. The van der Waals surface area contributed by atoms with Gasteiger partial charge in [0.15, 0.2) is 0 Å². The maximum atomic E-state index is 13.1. The van der Waals surface area contributed by atoms with Crippen LogP contribution in [0.1, 0.15) is 228 Å². The zero-order chi connectivity index (χ0) is 50.2. The quantitative estimate of drug-likeness (QED) is 0.0270. The first-order valence-corrected chi connectivity index (χ1v) is 29.6. The maximum absolute atomic E-state index is 13.1. The zero-order valence-electron chi connectivity index (χ0n) is 46.1. The van der Waals surface area contributed by atoms with E-state index < -0.39 is 5.97 Å². The minimum absolute atomic E-state index is 0.00521. The molecular formula is C61H105NO8. The van der Waals surface area contributed by atoms with Gasteiger partial charge >= 0.3 is 17.9 Å². The molecule has 0 bridgehead atoms. The van der Waals surface area contributed by atoms with Crippen LogP contribution in [0.3, 0.4) is 0 Å². The van der Waals surface area contributed by atoms with Crippen molar-refractivity contribution in [2.45, 2.75) is 240 Å². The number of hydrogen-bond acceptors (Lipinski definition) is 9. The van der Waals surface area contributed by atoms with E-state index >= 15 is 0 Å². The highest BCUT2D eigenvalue weighted by molar-refractivity contribution is 5.77. The fourth-order valence-corrected chi connectivity index (χ4v) is 14.3. The summed E-state index contributed by atoms with van der Waals surface area (Å²) in [6.45, 7) is 18.6. The van der Waals surface area contributed by atoms with Crippen LogP contribution in [0.2, 0.25) is 0 Å². The fourth-order valence-electron chi connectivity index (χ4n) is 14.3. The molecule has 70 heavy (non-hydrogen) atoms. The van der Waals surface area contributed by atoms with Crippen LogP contribution in [0.4, 0.5) is 0 Å². The van der Waals surface area contributed by atoms with Gasteiger partial charge in [0, 0.05) is 19.6 Å². The number of unbranched alkanes of at least 4 members (excludes halogenated alkanes) is 12. The summed E-state index contributed by atoms with van der Waals surface area (Å²) in [6.07, 6.45) is 40.1. The topological polar surface area (TPSA) is 101 Å². The molecule has 3 saturated carbocycles. The van der Waals surface area contributed by atoms with Crippen LogP contribution >= 0.6 is 0 Å². The van der Waals surface area contributed by atoms with Crippen molar-refractivity contribution >= 4 is 17.9 Å². The second kappa shape index (κ2) is 31.5. The largest absolute Gasteiger partial charge is 0.469 e. The lowest BCUT2D eigenvalue weighted by atomic mass is 9.47. The molecule has 5 aliphatic rings. The number of nitrogens with zero attached hydrogens (tertiary/aromatic N) is 1. The van der Waals surface area contributed by atoms with Gasteiger partial charge in [-0.2, -0.15) is 0 Å². The number of piperidine rings is 1. The van der Waals surface area contributed by atoms with E-state index in [9.17, 15) is 14.4 Å². The number of rotatable bonds is 34. The third kappa shape index (κ3) is 18.6. The lowest BCUT2D eigenvalue weighted by Crippen LogP contribution is -2.51. The molecule has 0 amide bonds. The molecule has 5 rings (SSSR count). The number of ether oxygens (including phenoxy) is 5. The number of carbonyl (C=O) groups is 3. The molecule has 1 aliphatic heterocycles. The molecule has 1 saturated heterocycles. The van der Waals surface area contributed by atoms with Gasteiger partial charge in [-0.25, -0.2) is 0 Å². The molecule has 0 aromatic heterocycles. The molecule has 0 N–H and O–H groups in total. The van der Waals surface area contributed by atoms with E-state index in [4.69, 9.17) is 23.7 Å². The Bertz CT molecular complexity index is 1570. The third-order valence-electron chi connectivity index (χ3n) is 18.5. The maximum Gasteiger partial charge on any atom is 0.308 e. The van der Waals surface area contributed by atoms with Gasteiger partial charge in [-0.1, -0.05) is 142 Å². The van der Waals surface area contributed by atoms with Crippen molar-refractivity contribution in [1.82, 2.24) is 4.90 Å². The van der Waals surface area contributed by atoms with Gasteiger partial charge in [0.1, 0.15) is 12.7 Å². The van der Waals surface area contributed by atoms with Crippen molar-refractivity contribution in [3.8, 4) is 0 Å². The van der Waals surface area contributed by atoms with Crippen LogP contribution in [0, 0.1) is 52.3 Å². The summed E-state index contributed by atoms with van der Waals surface area (Å²) >= 11 is 0. The molecule has 402 valence electrons. The Morgan fingerprint density at radius 3 is 2.13 bits per heavy atom. The van der Waals surface area contributed by atoms with Gasteiger partial charge in [0.25, 0.3) is 0 Å². The van der Waals surface area contributed by atoms with Crippen LogP contribution in [0.15, 0.2) is 23.8 Å². The standard InChI is InChI=1S/C61H105NO8/c1-8-9-10-11-12-13-14-15-16-17-18-19-20-21-22-23-41-67-46-52(45-62-39-35-49(36-40-62)59(65)66-7)68-42-43-69-57(63)31-32-58(64)70-51-33-37-60(5)50(44-51)27-28-53-55-30-29-54(48(4)26-24-25-47(2)3)61(55,6)38-34-56(53)60/h15-16,27,47-49,51-56H,8-14,17-26,28-46H2,1-7H3/b16-15-/t48-,51+,52?,53+,54-,55+,56+,60+,61-/m1/s1. The van der Waals surface area contributed by atoms with Crippen LogP contribution in [-0.4, -0.2) is 88.2 Å². The molecule has 0 aromatic carbocycles. The molecule has 1 heterocycles. The van der Waals surface area contributed by atoms with Crippen LogP contribution in [0.5, 0.6) is 0 Å². The van der Waals surface area contributed by atoms with Gasteiger partial charge < -0.3 is 28.6 Å². The predicted molar refractivity (Wildman–Crippen MR) is 284 cm³/mol. The molecule has 9 atom stereocenters. The van der Waals surface area contributed by atoms with Crippen LogP contribution in [0.25, 0.3) is 0 Å². The smallest absolute Gasteiger partial charge is 0.308 e. The Kier molecular flexibility index (Phi) is 26.4. The van der Waals surface area contributed by atoms with E-state index in [-0.39, 0.29) is 61.5 Å². The molecule has 4 fully saturated rings. The summed E-state index contributed by atoms with van der Waals surface area (Å²) in [5, 5.41) is 0. The normalized spacial score (nSPS) is 27.9. The SMILES string of the molecule is CCCCCCCC/C=C\CCCCCCCCOCC(CN1CCC(C(=O)OC)CC1)OCCOC(=O)CCC(=O)O[C@H]1CC[C@@]2(C)C(=CC[C@H]3[C@@H]4CC[C@H]([C@H](C)CCCC(C)C)[C@@]4(C)CC[C@@H]32)C1. The molecule has 0 radical (unpaired) electrons. The lowest BCUT2D eigenvalue weighted by Gasteiger charge is -2.58. The first-order chi connectivity index (χ1) is 33.9. The van der Waals surface area contributed by atoms with Gasteiger partial charge in [0.2, 0.25) is 0 Å². The van der Waals surface area contributed by atoms with E-state index in [1.165, 1.54) is 148 Å². The first-order valence-electron chi connectivity index (χ1n) is 29.6. The predicted octanol–water partition coefficient (Wildman–Crippen LogP) is 14.6. The summed E-state index contributed by atoms with van der Waals surface area (Å²) in [6, 6.07) is 0. The Balaban J connectivity index is 0.951. The first kappa shape index (κ1) is 58.7. The van der Waals surface area contributed by atoms with Crippen LogP contribution < -0.4 is 0 Å². The van der Waals surface area contributed by atoms with Gasteiger partial charge in [-0.3, -0.25) is 14.4 Å². The molecule has 0 aromatic rings. The average Bonchev–Trinajstić information content (AvgIpc) is 3.71. The highest BCUT2D eigenvalue weighted by atomic mass is 16.6. The highest BCUT2D eigenvalue weighted by Crippen LogP contribution is 2.67. The minimum Gasteiger partial charge on any atom is -0.469 e. The number of hydrogen-bond donors (Lipinski definition) is 0. The van der Waals surface area contributed by atoms with Crippen molar-refractivity contribution in [3.05, 3.63) is 23.8 Å². The number of allylic oxidation sites excluding steroid dienone is 3. The lowest BCUT2D eigenvalue weighted by molar-refractivity contribution is -0.156. The summed E-state index contributed by atoms with van der Waals surface area (Å²) in [5.74, 6) is 3.95. The van der Waals surface area contributed by atoms with E-state index in [2.05, 4.69) is 64.7 Å². The number of carbonyl (C=O) groups excluding carboxylic acids is 3. The van der Waals surface area contributed by atoms with Crippen molar-refractivity contribution in [2.24, 2.45) is 52.3 Å². The highest BCUT2D eigenvalue weighted by Gasteiger charge is 2.59. The van der Waals surface area contributed by atoms with E-state index in [0.717, 1.165) is 87.1 Å². The Labute approximate surface area is 428 Å². The Morgan fingerprint density at radius 1 is 0.743 bits per heavy atom. The van der Waals surface area contributed by atoms with Gasteiger partial charge in [0.05, 0.1) is 45.2 Å². The number of likely N-dealkylation sites (tertiary alicyclic amines) is 1. The molecule has 9 heteroatoms. The number of methoxy groups -OCH3 is 1. The van der Waals surface area contributed by atoms with Crippen molar-refractivity contribution in [1.29, 1.82) is 0 Å². The van der Waals surface area contributed by atoms with Crippen LogP contribution in [-0.2, 0) is 38.1 Å². The monoisotopic (exact) mass is 980 g/mol. The third-order valence-corrected chi connectivity index (χ3v) is 18.5. The van der Waals surface area contributed by atoms with E-state index in [1.54, 1.807) is 0 Å². The molecule has 9 nitrogen and oxygen atoms in total.